The third-order valence-corrected chi connectivity index (χ3v) is 8.07. The van der Waals surface area contributed by atoms with Gasteiger partial charge in [0.25, 0.3) is 0 Å². The Bertz CT molecular complexity index is 1310. The molecule has 0 N–H and O–H groups in total. The summed E-state index contributed by atoms with van der Waals surface area (Å²) in [5, 5.41) is 8.33. The fraction of sp³-hybridized carbons (Fsp3) is 0.211. The molecule has 200 valence electrons. The van der Waals surface area contributed by atoms with Crippen LogP contribution in [-0.2, 0) is 39.0 Å². The number of unbranched alkanes of at least 4 members (excludes halogenated alkanes) is 2. The van der Waals surface area contributed by atoms with Crippen molar-refractivity contribution in [3.63, 3.8) is 0 Å². The predicted octanol–water partition coefficient (Wildman–Crippen LogP) is 9.14. The molecule has 0 nitrogen and oxygen atoms in total. The van der Waals surface area contributed by atoms with Crippen molar-refractivity contribution in [1.29, 1.82) is 0 Å². The van der Waals surface area contributed by atoms with Crippen molar-refractivity contribution in [2.24, 2.45) is 0 Å². The Morgan fingerprint density at radius 3 is 1.25 bits per heavy atom. The van der Waals surface area contributed by atoms with Gasteiger partial charge < -0.3 is 0 Å². The number of hydrogen-bond donors (Lipinski definition) is 0. The Hall–Kier alpha value is -2.80. The van der Waals surface area contributed by atoms with E-state index in [9.17, 15) is 0 Å². The monoisotopic (exact) mass is 614 g/mol. The van der Waals surface area contributed by atoms with Gasteiger partial charge in [-0.15, -0.1) is 81.2 Å². The molecule has 0 aliphatic rings. The molecule has 0 bridgehead atoms. The summed E-state index contributed by atoms with van der Waals surface area (Å²) < 4.78 is 0. The van der Waals surface area contributed by atoms with E-state index in [4.69, 9.17) is 0 Å². The maximum atomic E-state index is 2.31. The average molecular weight is 616 g/mol. The number of benzene rings is 4. The maximum Gasteiger partial charge on any atom is 2.00 e. The first kappa shape index (κ1) is 31.7. The van der Waals surface area contributed by atoms with Crippen LogP contribution in [0.25, 0.3) is 21.5 Å². The van der Waals surface area contributed by atoms with Crippen molar-refractivity contribution in [3.8, 4) is 0 Å². The van der Waals surface area contributed by atoms with Crippen LogP contribution in [0.5, 0.6) is 0 Å². The van der Waals surface area contributed by atoms with Crippen molar-refractivity contribution in [1.82, 2.24) is 0 Å². The van der Waals surface area contributed by atoms with Crippen LogP contribution >= 0.6 is 0 Å². The van der Waals surface area contributed by atoms with E-state index in [-0.39, 0.29) is 26.2 Å². The van der Waals surface area contributed by atoms with E-state index in [1.54, 1.807) is 0 Å². The molecule has 2 radical (unpaired) electrons. The van der Waals surface area contributed by atoms with Gasteiger partial charge in [0, 0.05) is 0 Å². The Morgan fingerprint density at radius 2 is 0.875 bits per heavy atom. The largest absolute Gasteiger partial charge is 2.00 e. The van der Waals surface area contributed by atoms with E-state index in [0.29, 0.717) is 0 Å². The van der Waals surface area contributed by atoms with Crippen LogP contribution in [0.3, 0.4) is 0 Å². The third kappa shape index (κ3) is 10.3. The summed E-state index contributed by atoms with van der Waals surface area (Å²) in [6.45, 7) is 4.48. The van der Waals surface area contributed by atoms with Gasteiger partial charge in [0.05, 0.1) is 0 Å². The second-order valence-corrected chi connectivity index (χ2v) is 11.5. The number of aryl methyl sites for hydroxylation is 2. The van der Waals surface area contributed by atoms with Crippen molar-refractivity contribution >= 4 is 41.4 Å². The van der Waals surface area contributed by atoms with Gasteiger partial charge in [0.2, 0.25) is 0 Å². The first-order chi connectivity index (χ1) is 19.2. The summed E-state index contributed by atoms with van der Waals surface area (Å²) in [4.78, 5) is 0. The normalized spacial score (nSPS) is 10.2. The molecule has 6 aromatic carbocycles. The minimum absolute atomic E-state index is 0. The van der Waals surface area contributed by atoms with Crippen LogP contribution in [0, 0.1) is 0 Å². The Balaban J connectivity index is 0.000000163. The third-order valence-electron chi connectivity index (χ3n) is 6.83. The van der Waals surface area contributed by atoms with Crippen molar-refractivity contribution < 1.29 is 26.2 Å². The van der Waals surface area contributed by atoms with E-state index in [1.165, 1.54) is 81.6 Å². The van der Waals surface area contributed by atoms with Gasteiger partial charge in [0.15, 0.2) is 0 Å². The molecule has 6 rings (SSSR count). The van der Waals surface area contributed by atoms with E-state index < -0.39 is 0 Å². The SMILES string of the molecule is CCCCc1cc2ccccc2[cH-]1.CCCCc1cc2ccccc2[cH-]1.[Zr+2].c1ccc([Si]c2ccccc2)cc1. The van der Waals surface area contributed by atoms with Crippen LogP contribution in [-0.4, -0.2) is 9.52 Å². The smallest absolute Gasteiger partial charge is 0.165 e. The molecular formula is C38H40SiZr. The molecule has 0 atom stereocenters. The second kappa shape index (κ2) is 17.8. The van der Waals surface area contributed by atoms with Gasteiger partial charge >= 0.3 is 26.2 Å². The molecule has 0 unspecified atom stereocenters. The molecule has 0 spiro atoms. The summed E-state index contributed by atoms with van der Waals surface area (Å²) in [6.07, 6.45) is 7.62. The quantitative estimate of drug-likeness (QED) is 0.118. The molecular weight excluding hydrogens is 576 g/mol. The zero-order valence-corrected chi connectivity index (χ0v) is 27.4. The molecule has 40 heavy (non-hydrogen) atoms. The minimum Gasteiger partial charge on any atom is -0.165 e. The molecule has 0 saturated carbocycles. The maximum absolute atomic E-state index is 2.31. The zero-order chi connectivity index (χ0) is 27.1. The number of rotatable bonds is 8. The molecule has 0 aliphatic carbocycles. The zero-order valence-electron chi connectivity index (χ0n) is 23.9. The number of fused-ring (bicyclic) bond motifs is 2. The summed E-state index contributed by atoms with van der Waals surface area (Å²) in [5.74, 6) is 0. The van der Waals surface area contributed by atoms with Crippen molar-refractivity contribution in [3.05, 3.63) is 145 Å². The molecule has 0 amide bonds. The van der Waals surface area contributed by atoms with Crippen LogP contribution in [0.4, 0.5) is 0 Å². The first-order valence-corrected chi connectivity index (χ1v) is 15.4. The van der Waals surface area contributed by atoms with Gasteiger partial charge in [-0.2, -0.15) is 12.1 Å². The topological polar surface area (TPSA) is 0 Å². The van der Waals surface area contributed by atoms with Crippen LogP contribution in [0.1, 0.15) is 50.7 Å². The molecule has 6 aromatic rings. The van der Waals surface area contributed by atoms with Gasteiger partial charge in [-0.25, -0.2) is 0 Å². The standard InChI is InChI=1S/2C13H15.C12H10Si.Zr/c2*1-2-3-6-11-9-12-7-4-5-8-13(12)10-11;1-3-7-11(8-4-1)13-12-9-5-2-6-10-12;/h2*4-5,7-10H,2-3,6H2,1H3;1-10H;/q2*-1;;+2. The van der Waals surface area contributed by atoms with Crippen molar-refractivity contribution in [2.75, 3.05) is 0 Å². The molecule has 2 heteroatoms. The van der Waals surface area contributed by atoms with Crippen LogP contribution in [0.2, 0.25) is 0 Å². The minimum atomic E-state index is 0. The molecule has 0 heterocycles. The average Bonchev–Trinajstić information content (AvgIpc) is 3.60. The van der Waals surface area contributed by atoms with Crippen LogP contribution in [0.15, 0.2) is 133 Å². The van der Waals surface area contributed by atoms with E-state index in [2.05, 4.69) is 147 Å². The van der Waals surface area contributed by atoms with Gasteiger partial charge in [-0.1, -0.05) is 123 Å². The Labute approximate surface area is 263 Å². The van der Waals surface area contributed by atoms with Crippen molar-refractivity contribution in [2.45, 2.75) is 52.4 Å². The molecule has 0 aliphatic heterocycles. The summed E-state index contributed by atoms with van der Waals surface area (Å²) >= 11 is 0. The van der Waals surface area contributed by atoms with Gasteiger partial charge in [0.1, 0.15) is 9.52 Å². The van der Waals surface area contributed by atoms with Crippen LogP contribution < -0.4 is 10.4 Å². The van der Waals surface area contributed by atoms with Gasteiger partial charge in [-0.3, -0.25) is 0 Å². The molecule has 0 aromatic heterocycles. The van der Waals surface area contributed by atoms with E-state index in [1.807, 2.05) is 0 Å². The van der Waals surface area contributed by atoms with E-state index in [0.717, 1.165) is 9.52 Å². The molecule has 0 saturated heterocycles. The van der Waals surface area contributed by atoms with Gasteiger partial charge in [-0.05, 0) is 12.8 Å². The summed E-state index contributed by atoms with van der Waals surface area (Å²) in [6, 6.07) is 47.5. The summed E-state index contributed by atoms with van der Waals surface area (Å²) in [5.41, 5.74) is 2.98. The first-order valence-electron chi connectivity index (χ1n) is 14.4. The fourth-order valence-electron chi connectivity index (χ4n) is 4.69. The Kier molecular flexibility index (Phi) is 14.1. The summed E-state index contributed by atoms with van der Waals surface area (Å²) in [7, 11) is 0.777. The molecule has 0 fully saturated rings. The fourth-order valence-corrected chi connectivity index (χ4v) is 5.74. The Morgan fingerprint density at radius 1 is 0.500 bits per heavy atom. The predicted molar refractivity (Wildman–Crippen MR) is 174 cm³/mol. The number of hydrogen-bond acceptors (Lipinski definition) is 0. The van der Waals surface area contributed by atoms with E-state index >= 15 is 0 Å². The second-order valence-electron chi connectivity index (χ2n) is 10.0.